The van der Waals surface area contributed by atoms with Crippen LogP contribution < -0.4 is 10.2 Å². The third-order valence-corrected chi connectivity index (χ3v) is 3.81. The average Bonchev–Trinajstić information content (AvgIpc) is 2.33. The van der Waals surface area contributed by atoms with Gasteiger partial charge in [-0.25, -0.2) is 9.37 Å². The van der Waals surface area contributed by atoms with Gasteiger partial charge in [0.1, 0.15) is 0 Å². The fraction of sp³-hybridized carbons (Fsp3) is 0.600. The van der Waals surface area contributed by atoms with Gasteiger partial charge in [0.05, 0.1) is 6.20 Å². The van der Waals surface area contributed by atoms with Gasteiger partial charge in [0.25, 0.3) is 0 Å². The number of anilines is 2. The first-order valence-electron chi connectivity index (χ1n) is 5.57. The highest BCUT2D eigenvalue weighted by Gasteiger charge is 2.20. The van der Waals surface area contributed by atoms with E-state index in [-0.39, 0.29) is 0 Å². The molecule has 1 N–H and O–H groups in total. The molecule has 0 bridgehead atoms. The summed E-state index contributed by atoms with van der Waals surface area (Å²) < 4.78 is 24.9. The van der Waals surface area contributed by atoms with Crippen LogP contribution in [-0.4, -0.2) is 45.3 Å². The first-order valence-corrected chi connectivity index (χ1v) is 7.06. The predicted octanol–water partition coefficient (Wildman–Crippen LogP) is 0.616. The summed E-state index contributed by atoms with van der Waals surface area (Å²) in [7, 11) is -0.773. The lowest BCUT2D eigenvalue weighted by Crippen LogP contribution is -2.38. The van der Waals surface area contributed by atoms with Crippen molar-refractivity contribution in [2.24, 2.45) is 0 Å². The molecule has 5 nitrogen and oxygen atoms in total. The van der Waals surface area contributed by atoms with Gasteiger partial charge < -0.3 is 10.2 Å². The molecular formula is C10H15FN4OS. The summed E-state index contributed by atoms with van der Waals surface area (Å²) in [6, 6.07) is 0. The highest BCUT2D eigenvalue weighted by atomic mass is 32.2. The van der Waals surface area contributed by atoms with E-state index in [1.165, 1.54) is 6.20 Å². The molecule has 0 aliphatic carbocycles. The molecule has 2 rings (SSSR count). The molecule has 0 amide bonds. The van der Waals surface area contributed by atoms with Gasteiger partial charge >= 0.3 is 0 Å². The minimum absolute atomic E-state index is 0.299. The van der Waals surface area contributed by atoms with Crippen molar-refractivity contribution in [3.63, 3.8) is 0 Å². The van der Waals surface area contributed by atoms with Crippen molar-refractivity contribution in [3.8, 4) is 0 Å². The van der Waals surface area contributed by atoms with Crippen LogP contribution in [-0.2, 0) is 10.8 Å². The van der Waals surface area contributed by atoms with Crippen molar-refractivity contribution in [1.82, 2.24) is 9.97 Å². The zero-order valence-corrected chi connectivity index (χ0v) is 10.5. The minimum Gasteiger partial charge on any atom is -0.354 e. The number of nitrogens with zero attached hydrogens (tertiary/aromatic N) is 3. The number of hydrogen-bond acceptors (Lipinski definition) is 5. The number of nitrogens with one attached hydrogen (secondary N) is 1. The standard InChI is InChI=1S/C10H15FN4OS/c1-2-12-10-13-7-8(11)9(14-10)15-3-5-17(16)6-4-15/h7H,2-6H2,1H3,(H,12,13,14). The Hall–Kier alpha value is -1.24. The molecule has 1 saturated heterocycles. The Morgan fingerprint density at radius 1 is 1.53 bits per heavy atom. The Balaban J connectivity index is 2.18. The highest BCUT2D eigenvalue weighted by molar-refractivity contribution is 7.85. The van der Waals surface area contributed by atoms with E-state index in [4.69, 9.17) is 0 Å². The molecule has 17 heavy (non-hydrogen) atoms. The lowest BCUT2D eigenvalue weighted by atomic mass is 10.4. The van der Waals surface area contributed by atoms with Gasteiger partial charge in [-0.1, -0.05) is 0 Å². The quantitative estimate of drug-likeness (QED) is 0.861. The molecule has 7 heteroatoms. The summed E-state index contributed by atoms with van der Waals surface area (Å²) in [6.45, 7) is 3.77. The largest absolute Gasteiger partial charge is 0.354 e. The Bertz CT molecular complexity index is 419. The van der Waals surface area contributed by atoms with Crippen molar-refractivity contribution < 1.29 is 8.60 Å². The number of halogens is 1. The summed E-state index contributed by atoms with van der Waals surface area (Å²) >= 11 is 0. The molecule has 0 atom stereocenters. The molecule has 1 aromatic rings. The maximum absolute atomic E-state index is 13.6. The lowest BCUT2D eigenvalue weighted by molar-refractivity contribution is 0.602. The van der Waals surface area contributed by atoms with Crippen LogP contribution in [0.3, 0.4) is 0 Å². The Labute approximate surface area is 102 Å². The van der Waals surface area contributed by atoms with Crippen molar-refractivity contribution >= 4 is 22.6 Å². The Morgan fingerprint density at radius 2 is 2.24 bits per heavy atom. The maximum atomic E-state index is 13.6. The van der Waals surface area contributed by atoms with E-state index in [2.05, 4.69) is 15.3 Å². The third kappa shape index (κ3) is 2.91. The topological polar surface area (TPSA) is 58.1 Å². The molecule has 0 radical (unpaired) electrons. The smallest absolute Gasteiger partial charge is 0.224 e. The molecule has 0 unspecified atom stereocenters. The van der Waals surface area contributed by atoms with Gasteiger partial charge in [0.2, 0.25) is 5.95 Å². The van der Waals surface area contributed by atoms with Crippen LogP contribution >= 0.6 is 0 Å². The molecule has 0 spiro atoms. The van der Waals surface area contributed by atoms with Crippen LogP contribution in [0, 0.1) is 5.82 Å². The van der Waals surface area contributed by atoms with Gasteiger partial charge in [-0.05, 0) is 6.92 Å². The van der Waals surface area contributed by atoms with Crippen LogP contribution in [0.2, 0.25) is 0 Å². The van der Waals surface area contributed by atoms with Crippen LogP contribution in [0.4, 0.5) is 16.2 Å². The van der Waals surface area contributed by atoms with E-state index in [9.17, 15) is 8.60 Å². The zero-order valence-electron chi connectivity index (χ0n) is 9.65. The van der Waals surface area contributed by atoms with Gasteiger partial charge in [-0.3, -0.25) is 4.21 Å². The number of aromatic nitrogens is 2. The second-order valence-electron chi connectivity index (χ2n) is 3.73. The van der Waals surface area contributed by atoms with Crippen molar-refractivity contribution in [2.45, 2.75) is 6.92 Å². The van der Waals surface area contributed by atoms with E-state index >= 15 is 0 Å². The zero-order chi connectivity index (χ0) is 12.3. The first kappa shape index (κ1) is 12.2. The summed E-state index contributed by atoms with van der Waals surface area (Å²) in [6.07, 6.45) is 1.17. The molecule has 1 aliphatic rings. The van der Waals surface area contributed by atoms with E-state index in [1.807, 2.05) is 11.8 Å². The van der Waals surface area contributed by atoms with Crippen LogP contribution in [0.5, 0.6) is 0 Å². The maximum Gasteiger partial charge on any atom is 0.224 e. The molecular weight excluding hydrogens is 243 g/mol. The summed E-state index contributed by atoms with van der Waals surface area (Å²) in [5, 5.41) is 2.95. The number of hydrogen-bond donors (Lipinski definition) is 1. The summed E-state index contributed by atoms with van der Waals surface area (Å²) in [4.78, 5) is 9.81. The molecule has 0 aromatic carbocycles. The second-order valence-corrected chi connectivity index (χ2v) is 5.43. The molecule has 1 fully saturated rings. The summed E-state index contributed by atoms with van der Waals surface area (Å²) in [5.74, 6) is 1.43. The van der Waals surface area contributed by atoms with Gasteiger partial charge in [0, 0.05) is 41.9 Å². The molecule has 1 aromatic heterocycles. The average molecular weight is 258 g/mol. The lowest BCUT2D eigenvalue weighted by Gasteiger charge is -2.27. The van der Waals surface area contributed by atoms with E-state index < -0.39 is 16.6 Å². The molecule has 2 heterocycles. The van der Waals surface area contributed by atoms with Crippen LogP contribution in [0.1, 0.15) is 6.92 Å². The van der Waals surface area contributed by atoms with E-state index in [0.717, 1.165) is 0 Å². The normalized spacial score (nSPS) is 17.2. The van der Waals surface area contributed by atoms with E-state index in [0.29, 0.717) is 42.9 Å². The number of rotatable bonds is 3. The third-order valence-electron chi connectivity index (χ3n) is 2.54. The van der Waals surface area contributed by atoms with Gasteiger partial charge in [-0.2, -0.15) is 4.98 Å². The monoisotopic (exact) mass is 258 g/mol. The minimum atomic E-state index is -0.773. The van der Waals surface area contributed by atoms with Crippen molar-refractivity contribution in [3.05, 3.63) is 12.0 Å². The fourth-order valence-corrected chi connectivity index (χ4v) is 2.73. The van der Waals surface area contributed by atoms with E-state index in [1.54, 1.807) is 0 Å². The predicted molar refractivity (Wildman–Crippen MR) is 66.2 cm³/mol. The van der Waals surface area contributed by atoms with Crippen molar-refractivity contribution in [1.29, 1.82) is 0 Å². The Kier molecular flexibility index (Phi) is 3.88. The first-order chi connectivity index (χ1) is 8.20. The highest BCUT2D eigenvalue weighted by Crippen LogP contribution is 2.18. The summed E-state index contributed by atoms with van der Waals surface area (Å²) in [5.41, 5.74) is 0. The second kappa shape index (κ2) is 5.39. The van der Waals surface area contributed by atoms with Crippen molar-refractivity contribution in [2.75, 3.05) is 41.4 Å². The van der Waals surface area contributed by atoms with Crippen LogP contribution in [0.25, 0.3) is 0 Å². The van der Waals surface area contributed by atoms with Crippen LogP contribution in [0.15, 0.2) is 6.20 Å². The molecule has 0 saturated carbocycles. The van der Waals surface area contributed by atoms with Gasteiger partial charge in [-0.15, -0.1) is 0 Å². The molecule has 1 aliphatic heterocycles. The molecule has 94 valence electrons. The SMILES string of the molecule is CCNc1ncc(F)c(N2CCS(=O)CC2)n1. The van der Waals surface area contributed by atoms with Gasteiger partial charge in [0.15, 0.2) is 11.6 Å². The fourth-order valence-electron chi connectivity index (χ4n) is 1.67. The Morgan fingerprint density at radius 3 is 2.88 bits per heavy atom.